The van der Waals surface area contributed by atoms with Crippen LogP contribution in [0.15, 0.2) is 0 Å². The van der Waals surface area contributed by atoms with Crippen LogP contribution in [-0.2, 0) is 6.54 Å². The molecule has 0 spiro atoms. The minimum atomic E-state index is -0.137. The SMILES string of the molecule is Cc1nc(N(C)C)sc1CN1CC[C@H](O)C1. The van der Waals surface area contributed by atoms with E-state index in [1.165, 1.54) is 4.88 Å². The molecule has 2 heterocycles. The van der Waals surface area contributed by atoms with Gasteiger partial charge in [-0.15, -0.1) is 11.3 Å². The number of thiazole rings is 1. The number of aromatic nitrogens is 1. The largest absolute Gasteiger partial charge is 0.392 e. The highest BCUT2D eigenvalue weighted by Crippen LogP contribution is 2.26. The molecule has 1 N–H and O–H groups in total. The van der Waals surface area contributed by atoms with Crippen LogP contribution in [0.5, 0.6) is 0 Å². The lowest BCUT2D eigenvalue weighted by molar-refractivity contribution is 0.175. The Morgan fingerprint density at radius 2 is 2.31 bits per heavy atom. The second-order valence-corrected chi connectivity index (χ2v) is 5.64. The molecule has 1 atom stereocenters. The maximum atomic E-state index is 9.48. The molecule has 1 fully saturated rings. The highest BCUT2D eigenvalue weighted by Gasteiger charge is 2.21. The fourth-order valence-electron chi connectivity index (χ4n) is 1.91. The van der Waals surface area contributed by atoms with Crippen molar-refractivity contribution in [1.82, 2.24) is 9.88 Å². The number of anilines is 1. The Hall–Kier alpha value is -0.650. The number of β-amino-alcohol motifs (C(OH)–C–C–N with tert-alkyl or cyclic N) is 1. The van der Waals surface area contributed by atoms with Gasteiger partial charge in [-0.05, 0) is 13.3 Å². The summed E-state index contributed by atoms with van der Waals surface area (Å²) in [5, 5.41) is 10.5. The maximum Gasteiger partial charge on any atom is 0.185 e. The van der Waals surface area contributed by atoms with E-state index in [0.29, 0.717) is 0 Å². The number of rotatable bonds is 3. The summed E-state index contributed by atoms with van der Waals surface area (Å²) in [5.74, 6) is 0. The van der Waals surface area contributed by atoms with Gasteiger partial charge in [0.25, 0.3) is 0 Å². The Morgan fingerprint density at radius 1 is 1.56 bits per heavy atom. The Kier molecular flexibility index (Phi) is 3.47. The molecule has 1 aliphatic heterocycles. The van der Waals surface area contributed by atoms with Crippen molar-refractivity contribution in [1.29, 1.82) is 0 Å². The number of hydrogen-bond donors (Lipinski definition) is 1. The van der Waals surface area contributed by atoms with Gasteiger partial charge in [-0.3, -0.25) is 4.90 Å². The van der Waals surface area contributed by atoms with Crippen LogP contribution in [0.3, 0.4) is 0 Å². The third-order valence-electron chi connectivity index (χ3n) is 2.88. The van der Waals surface area contributed by atoms with Crippen molar-refractivity contribution in [2.24, 2.45) is 0 Å². The average molecular weight is 241 g/mol. The minimum Gasteiger partial charge on any atom is -0.392 e. The fraction of sp³-hybridized carbons (Fsp3) is 0.727. The van der Waals surface area contributed by atoms with Gasteiger partial charge in [0.05, 0.1) is 11.8 Å². The number of nitrogens with zero attached hydrogens (tertiary/aromatic N) is 3. The molecule has 90 valence electrons. The lowest BCUT2D eigenvalue weighted by Crippen LogP contribution is -2.21. The van der Waals surface area contributed by atoms with Crippen molar-refractivity contribution in [3.05, 3.63) is 10.6 Å². The topological polar surface area (TPSA) is 39.6 Å². The van der Waals surface area contributed by atoms with Gasteiger partial charge in [-0.2, -0.15) is 0 Å². The number of aryl methyl sites for hydroxylation is 1. The van der Waals surface area contributed by atoms with Crippen LogP contribution < -0.4 is 4.90 Å². The first-order valence-electron chi connectivity index (χ1n) is 5.60. The van der Waals surface area contributed by atoms with E-state index < -0.39 is 0 Å². The van der Waals surface area contributed by atoms with Crippen LogP contribution in [0.2, 0.25) is 0 Å². The second kappa shape index (κ2) is 4.69. The molecule has 5 heteroatoms. The van der Waals surface area contributed by atoms with E-state index in [1.807, 2.05) is 19.0 Å². The van der Waals surface area contributed by atoms with Crippen LogP contribution in [0.25, 0.3) is 0 Å². The van der Waals surface area contributed by atoms with E-state index in [1.54, 1.807) is 11.3 Å². The molecule has 0 saturated carbocycles. The number of aliphatic hydroxyl groups is 1. The van der Waals surface area contributed by atoms with E-state index in [9.17, 15) is 5.11 Å². The molecule has 0 aliphatic carbocycles. The Balaban J connectivity index is 2.04. The smallest absolute Gasteiger partial charge is 0.185 e. The Morgan fingerprint density at radius 3 is 2.81 bits per heavy atom. The zero-order valence-corrected chi connectivity index (χ0v) is 10.9. The highest BCUT2D eigenvalue weighted by atomic mass is 32.1. The predicted molar refractivity (Wildman–Crippen MR) is 67.1 cm³/mol. The monoisotopic (exact) mass is 241 g/mol. The molecule has 0 bridgehead atoms. The molecule has 4 nitrogen and oxygen atoms in total. The van der Waals surface area contributed by atoms with Crippen LogP contribution in [-0.4, -0.2) is 48.3 Å². The van der Waals surface area contributed by atoms with Crippen molar-refractivity contribution in [3.63, 3.8) is 0 Å². The summed E-state index contributed by atoms with van der Waals surface area (Å²) in [5.41, 5.74) is 1.12. The quantitative estimate of drug-likeness (QED) is 0.860. The maximum absolute atomic E-state index is 9.48. The van der Waals surface area contributed by atoms with Gasteiger partial charge >= 0.3 is 0 Å². The molecule has 0 radical (unpaired) electrons. The molecule has 1 aromatic heterocycles. The lowest BCUT2D eigenvalue weighted by Gasteiger charge is -2.13. The van der Waals surface area contributed by atoms with E-state index in [4.69, 9.17) is 0 Å². The summed E-state index contributed by atoms with van der Waals surface area (Å²) >= 11 is 1.75. The first kappa shape index (κ1) is 11.8. The van der Waals surface area contributed by atoms with Gasteiger partial charge in [0.15, 0.2) is 5.13 Å². The van der Waals surface area contributed by atoms with Crippen molar-refractivity contribution in [2.75, 3.05) is 32.1 Å². The summed E-state index contributed by atoms with van der Waals surface area (Å²) in [6.45, 7) is 4.78. The predicted octanol–water partition coefficient (Wildman–Crippen LogP) is 1.08. The van der Waals surface area contributed by atoms with Gasteiger partial charge in [-0.1, -0.05) is 0 Å². The van der Waals surface area contributed by atoms with Crippen LogP contribution in [0.1, 0.15) is 17.0 Å². The summed E-state index contributed by atoms with van der Waals surface area (Å²) < 4.78 is 0. The second-order valence-electron chi connectivity index (χ2n) is 4.58. The van der Waals surface area contributed by atoms with Crippen molar-refractivity contribution >= 4 is 16.5 Å². The molecule has 2 rings (SSSR count). The van der Waals surface area contributed by atoms with Gasteiger partial charge < -0.3 is 10.0 Å². The normalized spacial score (nSPS) is 21.6. The number of likely N-dealkylation sites (tertiary alicyclic amines) is 1. The van der Waals surface area contributed by atoms with Crippen LogP contribution in [0.4, 0.5) is 5.13 Å². The molecule has 1 saturated heterocycles. The minimum absolute atomic E-state index is 0.137. The standard InChI is InChI=1S/C11H19N3OS/c1-8-10(16-11(12-8)13(2)3)7-14-5-4-9(15)6-14/h9,15H,4-7H2,1-3H3/t9-/m0/s1. The van der Waals surface area contributed by atoms with Crippen molar-refractivity contribution in [2.45, 2.75) is 26.0 Å². The molecular weight excluding hydrogens is 222 g/mol. The Bertz CT molecular complexity index is 364. The van der Waals surface area contributed by atoms with E-state index >= 15 is 0 Å². The molecule has 0 aromatic carbocycles. The first-order valence-corrected chi connectivity index (χ1v) is 6.42. The molecule has 0 amide bonds. The molecule has 1 aromatic rings. The zero-order valence-electron chi connectivity index (χ0n) is 10.1. The molecule has 0 unspecified atom stereocenters. The number of aliphatic hydroxyl groups excluding tert-OH is 1. The third kappa shape index (κ3) is 2.53. The average Bonchev–Trinajstić information content (AvgIpc) is 2.75. The highest BCUT2D eigenvalue weighted by molar-refractivity contribution is 7.15. The molecule has 16 heavy (non-hydrogen) atoms. The number of hydrogen-bond acceptors (Lipinski definition) is 5. The molecule has 1 aliphatic rings. The summed E-state index contributed by atoms with van der Waals surface area (Å²) in [6, 6.07) is 0. The fourth-order valence-corrected chi connectivity index (χ4v) is 2.94. The summed E-state index contributed by atoms with van der Waals surface area (Å²) in [6.07, 6.45) is 0.764. The lowest BCUT2D eigenvalue weighted by atomic mass is 10.3. The van der Waals surface area contributed by atoms with E-state index in [-0.39, 0.29) is 6.10 Å². The first-order chi connectivity index (χ1) is 7.56. The zero-order chi connectivity index (χ0) is 11.7. The third-order valence-corrected chi connectivity index (χ3v) is 4.19. The molecular formula is C11H19N3OS. The summed E-state index contributed by atoms with van der Waals surface area (Å²) in [7, 11) is 4.03. The van der Waals surface area contributed by atoms with Crippen LogP contribution >= 0.6 is 11.3 Å². The van der Waals surface area contributed by atoms with Gasteiger partial charge in [0.2, 0.25) is 0 Å². The van der Waals surface area contributed by atoms with Gasteiger partial charge in [0, 0.05) is 38.6 Å². The van der Waals surface area contributed by atoms with Crippen molar-refractivity contribution in [3.8, 4) is 0 Å². The van der Waals surface area contributed by atoms with E-state index in [2.05, 4.69) is 16.8 Å². The van der Waals surface area contributed by atoms with Gasteiger partial charge in [-0.25, -0.2) is 4.98 Å². The summed E-state index contributed by atoms with van der Waals surface area (Å²) in [4.78, 5) is 10.2. The Labute approximate surface area is 101 Å². The van der Waals surface area contributed by atoms with Crippen molar-refractivity contribution < 1.29 is 5.11 Å². The van der Waals surface area contributed by atoms with Gasteiger partial charge in [0.1, 0.15) is 0 Å². The van der Waals surface area contributed by atoms with E-state index in [0.717, 1.165) is 36.9 Å². The van der Waals surface area contributed by atoms with Crippen LogP contribution in [0, 0.1) is 6.92 Å².